The minimum Gasteiger partial charge on any atom is -0.418 e. The Bertz CT molecular complexity index is 393. The van der Waals surface area contributed by atoms with E-state index in [-0.39, 0.29) is 11.7 Å². The molecule has 0 aliphatic carbocycles. The van der Waals surface area contributed by atoms with Gasteiger partial charge in [0.15, 0.2) is 0 Å². The minimum atomic E-state index is -6.00. The summed E-state index contributed by atoms with van der Waals surface area (Å²) >= 11 is 0.695. The maximum absolute atomic E-state index is 11.6. The van der Waals surface area contributed by atoms with E-state index in [9.17, 15) is 56.6 Å². The van der Waals surface area contributed by atoms with Crippen LogP contribution < -0.4 is 0 Å². The molecule has 1 aliphatic heterocycles. The van der Waals surface area contributed by atoms with Gasteiger partial charge in [0.2, 0.25) is 0 Å². The molecule has 1 rings (SSSR count). The molecule has 166 valence electrons. The van der Waals surface area contributed by atoms with Crippen LogP contribution in [0.4, 0.5) is 56.6 Å². The number of rotatable bonds is 0. The number of nitrogens with zero attached hydrogens (tertiary/aromatic N) is 1. The van der Waals surface area contributed by atoms with Crippen molar-refractivity contribution in [3.05, 3.63) is 0 Å². The fourth-order valence-electron chi connectivity index (χ4n) is 1.53. The normalized spacial score (nSPS) is 17.3. The first-order valence-electron chi connectivity index (χ1n) is 7.51. The number of likely N-dealkylation sites (tertiary alicyclic amines) is 1. The number of hydrogen-bond donors (Lipinski definition) is 0. The van der Waals surface area contributed by atoms with E-state index in [1.54, 1.807) is 0 Å². The SMILES string of the molecule is CC(C)(C)OC(=O)N1CCC[CH]1[K].F[B-](F)(F)F.F[B-](F)(F)F.F[B-](F)(F)F. The molecule has 1 saturated heterocycles. The van der Waals surface area contributed by atoms with Crippen molar-refractivity contribution in [3.8, 4) is 0 Å². The van der Waals surface area contributed by atoms with E-state index in [1.165, 1.54) is 6.42 Å². The van der Waals surface area contributed by atoms with Crippen molar-refractivity contribution in [2.75, 3.05) is 6.54 Å². The van der Waals surface area contributed by atoms with Gasteiger partial charge in [0.1, 0.15) is 0 Å². The van der Waals surface area contributed by atoms with Gasteiger partial charge in [-0.25, -0.2) is 0 Å². The van der Waals surface area contributed by atoms with E-state index in [1.807, 2.05) is 25.7 Å². The average Bonchev–Trinajstić information content (AvgIpc) is 2.65. The third kappa shape index (κ3) is 45.2. The zero-order chi connectivity index (χ0) is 23.6. The van der Waals surface area contributed by atoms with Gasteiger partial charge in [0, 0.05) is 0 Å². The second-order valence-corrected chi connectivity index (χ2v) is 8.23. The molecular formula is C9H16B3F12KNO2-3. The minimum absolute atomic E-state index is 0.122. The average molecular weight is 470 g/mol. The van der Waals surface area contributed by atoms with Crippen LogP contribution in [0.1, 0.15) is 33.6 Å². The number of halogens is 12. The van der Waals surface area contributed by atoms with Crippen LogP contribution in [-0.2, 0) is 4.74 Å². The van der Waals surface area contributed by atoms with E-state index in [0.717, 1.165) is 13.0 Å². The first kappa shape index (κ1) is 32.9. The smallest absolute Gasteiger partial charge is 0.418 e. The molecular weight excluding hydrogens is 454 g/mol. The van der Waals surface area contributed by atoms with Gasteiger partial charge in [0.05, 0.1) is 0 Å². The summed E-state index contributed by atoms with van der Waals surface area (Å²) in [6.07, 6.45) is 2.20. The fourth-order valence-corrected chi connectivity index (χ4v) is 2.89. The topological polar surface area (TPSA) is 29.5 Å². The third-order valence-electron chi connectivity index (χ3n) is 2.18. The predicted octanol–water partition coefficient (Wildman–Crippen LogP) is 5.41. The quantitative estimate of drug-likeness (QED) is 0.351. The van der Waals surface area contributed by atoms with Crippen molar-refractivity contribution in [3.63, 3.8) is 0 Å². The summed E-state index contributed by atoms with van der Waals surface area (Å²) in [7, 11) is -18.0. The van der Waals surface area contributed by atoms with Crippen LogP contribution >= 0.6 is 0 Å². The number of ether oxygens (including phenoxy) is 1. The van der Waals surface area contributed by atoms with Gasteiger partial charge in [-0.05, 0) is 0 Å². The summed E-state index contributed by atoms with van der Waals surface area (Å²) in [5.41, 5.74) is -0.355. The number of carbonyl (C=O) groups is 1. The van der Waals surface area contributed by atoms with Crippen LogP contribution in [0.2, 0.25) is 0 Å². The first-order chi connectivity index (χ1) is 11.9. The molecule has 0 aromatic rings. The Morgan fingerprint density at radius 3 is 1.32 bits per heavy atom. The Labute approximate surface area is 187 Å². The predicted molar refractivity (Wildman–Crippen MR) is 82.3 cm³/mol. The summed E-state index contributed by atoms with van der Waals surface area (Å²) in [5.74, 6) is 0. The molecule has 0 bridgehead atoms. The van der Waals surface area contributed by atoms with Crippen molar-refractivity contribution in [1.82, 2.24) is 4.90 Å². The molecule has 1 aliphatic rings. The first-order valence-corrected chi connectivity index (χ1v) is 9.32. The van der Waals surface area contributed by atoms with E-state index < -0.39 is 21.8 Å². The van der Waals surface area contributed by atoms with Gasteiger partial charge in [0.25, 0.3) is 0 Å². The Morgan fingerprint density at radius 2 is 1.14 bits per heavy atom. The molecule has 0 radical (unpaired) electrons. The van der Waals surface area contributed by atoms with Crippen LogP contribution in [0.5, 0.6) is 0 Å². The summed E-state index contributed by atoms with van der Waals surface area (Å²) in [6.45, 7) is 6.62. The van der Waals surface area contributed by atoms with Crippen molar-refractivity contribution in [2.45, 2.75) is 39.4 Å². The largest absolute Gasteiger partial charge is 0.673 e. The monoisotopic (exact) mass is 470 g/mol. The molecule has 1 heterocycles. The second kappa shape index (κ2) is 13.5. The Balaban J connectivity index is -0.000000347. The van der Waals surface area contributed by atoms with Crippen LogP contribution in [0.15, 0.2) is 0 Å². The summed E-state index contributed by atoms with van der Waals surface area (Å²) in [6, 6.07) is 0. The zero-order valence-corrected chi connectivity index (χ0v) is 18.4. The van der Waals surface area contributed by atoms with E-state index in [0.29, 0.717) is 49.1 Å². The third-order valence-corrected chi connectivity index (χ3v) is 4.06. The van der Waals surface area contributed by atoms with E-state index >= 15 is 0 Å². The van der Waals surface area contributed by atoms with Crippen molar-refractivity contribution >= 4 is 76.8 Å². The number of carbonyl (C=O) groups excluding carboxylic acids is 1. The van der Waals surface area contributed by atoms with Crippen LogP contribution in [0.25, 0.3) is 0 Å². The molecule has 1 amide bonds. The Morgan fingerprint density at radius 1 is 0.857 bits per heavy atom. The van der Waals surface area contributed by atoms with Crippen molar-refractivity contribution in [2.24, 2.45) is 0 Å². The maximum Gasteiger partial charge on any atom is 0.673 e. The molecule has 0 spiro atoms. The van der Waals surface area contributed by atoms with Gasteiger partial charge >= 0.3 is 137 Å². The van der Waals surface area contributed by atoms with E-state index in [2.05, 4.69) is 0 Å². The molecule has 1 atom stereocenters. The molecule has 0 N–H and O–H groups in total. The molecule has 0 aromatic heterocycles. The summed E-state index contributed by atoms with van der Waals surface area (Å²) in [4.78, 5) is 13.5. The fraction of sp³-hybridized carbons (Fsp3) is 0.889. The molecule has 1 unspecified atom stereocenters. The maximum atomic E-state index is 11.6. The van der Waals surface area contributed by atoms with Gasteiger partial charge in [-0.15, -0.1) is 0 Å². The molecule has 0 saturated carbocycles. The second-order valence-electron chi connectivity index (χ2n) is 6.15. The van der Waals surface area contributed by atoms with Crippen molar-refractivity contribution in [1.29, 1.82) is 0 Å². The molecule has 28 heavy (non-hydrogen) atoms. The Kier molecular flexibility index (Phi) is 15.9. The molecule has 1 fully saturated rings. The van der Waals surface area contributed by atoms with Crippen LogP contribution in [0, 0.1) is 0 Å². The van der Waals surface area contributed by atoms with Gasteiger partial charge in [-0.2, -0.15) is 0 Å². The number of amides is 1. The zero-order valence-electron chi connectivity index (χ0n) is 15.2. The van der Waals surface area contributed by atoms with Crippen LogP contribution in [0.3, 0.4) is 0 Å². The van der Waals surface area contributed by atoms with Crippen molar-refractivity contribution < 1.29 is 61.3 Å². The molecule has 3 nitrogen and oxygen atoms in total. The standard InChI is InChI=1S/C9H16NO2.3BF4.K/c1-9(2,3)12-8(11)10-6-4-5-7-10;3*2-1(3,4)5;/h6H,4-5,7H2,1-3H3;;;;/q;3*-1;. The number of hydrogen-bond acceptors (Lipinski definition) is 2. The van der Waals surface area contributed by atoms with Gasteiger partial charge < -0.3 is 51.8 Å². The Hall–Kier alpha value is 0.261. The van der Waals surface area contributed by atoms with Gasteiger partial charge in [-0.3, -0.25) is 0 Å². The van der Waals surface area contributed by atoms with Crippen LogP contribution in [-0.4, -0.2) is 94.0 Å². The summed E-state index contributed by atoms with van der Waals surface area (Å²) in [5, 5.41) is 0. The summed E-state index contributed by atoms with van der Waals surface area (Å²) < 4.78 is 123. The van der Waals surface area contributed by atoms with Gasteiger partial charge in [-0.1, -0.05) is 0 Å². The molecule has 19 heteroatoms. The molecule has 0 aromatic carbocycles. The van der Waals surface area contributed by atoms with E-state index in [4.69, 9.17) is 4.74 Å².